The fraction of sp³-hybridized carbons (Fsp3) is 0.235. The minimum absolute atomic E-state index is 0.0569. The number of carbonyl (C=O) groups is 1. The zero-order valence-corrected chi connectivity index (χ0v) is 15.3. The normalized spacial score (nSPS) is 10.6. The molecule has 3 rings (SSSR count). The van der Waals surface area contributed by atoms with Crippen molar-refractivity contribution in [1.29, 1.82) is 0 Å². The number of amides is 1. The first kappa shape index (κ1) is 17.5. The molecule has 2 aromatic heterocycles. The Kier molecular flexibility index (Phi) is 6.08. The van der Waals surface area contributed by atoms with E-state index in [1.54, 1.807) is 6.26 Å². The maximum absolute atomic E-state index is 12.1. The summed E-state index contributed by atoms with van der Waals surface area (Å²) in [6.45, 7) is 2.64. The predicted octanol–water partition coefficient (Wildman–Crippen LogP) is 4.04. The van der Waals surface area contributed by atoms with Gasteiger partial charge in [0.15, 0.2) is 4.34 Å². The third-order valence-corrected chi connectivity index (χ3v) is 5.36. The van der Waals surface area contributed by atoms with E-state index in [0.29, 0.717) is 17.4 Å². The lowest BCUT2D eigenvalue weighted by atomic mass is 10.1. The lowest BCUT2D eigenvalue weighted by molar-refractivity contribution is -0.113. The van der Waals surface area contributed by atoms with Crippen molar-refractivity contribution in [3.63, 3.8) is 0 Å². The van der Waals surface area contributed by atoms with Crippen LogP contribution < -0.4 is 10.6 Å². The number of furan rings is 1. The molecule has 130 valence electrons. The average molecular weight is 374 g/mol. The summed E-state index contributed by atoms with van der Waals surface area (Å²) in [6.07, 6.45) is 2.57. The molecule has 0 atom stereocenters. The molecule has 1 aromatic carbocycles. The van der Waals surface area contributed by atoms with E-state index in [0.717, 1.165) is 22.2 Å². The summed E-state index contributed by atoms with van der Waals surface area (Å²) in [5.74, 6) is 1.07. The van der Waals surface area contributed by atoms with Crippen molar-refractivity contribution in [2.45, 2.75) is 24.2 Å². The second-order valence-corrected chi connectivity index (χ2v) is 7.40. The summed E-state index contributed by atoms with van der Waals surface area (Å²) in [4.78, 5) is 12.1. The van der Waals surface area contributed by atoms with Crippen molar-refractivity contribution in [1.82, 2.24) is 10.2 Å². The van der Waals surface area contributed by atoms with Crippen LogP contribution >= 0.6 is 23.1 Å². The molecule has 0 radical (unpaired) electrons. The number of anilines is 2. The molecule has 0 saturated carbocycles. The highest BCUT2D eigenvalue weighted by atomic mass is 32.2. The van der Waals surface area contributed by atoms with Crippen LogP contribution in [0.2, 0.25) is 0 Å². The number of aromatic nitrogens is 2. The number of carbonyl (C=O) groups excluding carboxylic acids is 1. The van der Waals surface area contributed by atoms with Crippen LogP contribution in [0.25, 0.3) is 0 Å². The van der Waals surface area contributed by atoms with Crippen LogP contribution in [-0.2, 0) is 17.8 Å². The maximum atomic E-state index is 12.1. The van der Waals surface area contributed by atoms with Crippen molar-refractivity contribution in [2.24, 2.45) is 0 Å². The van der Waals surface area contributed by atoms with E-state index in [9.17, 15) is 4.79 Å². The molecule has 0 bridgehead atoms. The van der Waals surface area contributed by atoms with E-state index in [4.69, 9.17) is 4.42 Å². The second kappa shape index (κ2) is 8.68. The van der Waals surface area contributed by atoms with Gasteiger partial charge in [0, 0.05) is 5.69 Å². The summed E-state index contributed by atoms with van der Waals surface area (Å²) in [7, 11) is 0. The quantitative estimate of drug-likeness (QED) is 0.579. The Morgan fingerprint density at radius 1 is 1.28 bits per heavy atom. The Labute approximate surface area is 154 Å². The Bertz CT molecular complexity index is 818. The molecular formula is C17H18N4O2S2. The van der Waals surface area contributed by atoms with Gasteiger partial charge in [-0.25, -0.2) is 0 Å². The van der Waals surface area contributed by atoms with Crippen LogP contribution in [0.4, 0.5) is 10.8 Å². The number of thioether (sulfide) groups is 1. The van der Waals surface area contributed by atoms with Crippen molar-refractivity contribution in [2.75, 3.05) is 16.4 Å². The highest BCUT2D eigenvalue weighted by Gasteiger charge is 2.09. The number of rotatable bonds is 8. The van der Waals surface area contributed by atoms with Crippen molar-refractivity contribution in [3.8, 4) is 0 Å². The van der Waals surface area contributed by atoms with E-state index in [1.807, 2.05) is 36.4 Å². The average Bonchev–Trinajstić information content (AvgIpc) is 3.30. The molecule has 2 N–H and O–H groups in total. The molecular weight excluding hydrogens is 356 g/mol. The zero-order valence-electron chi connectivity index (χ0n) is 13.7. The minimum atomic E-state index is -0.0569. The fourth-order valence-electron chi connectivity index (χ4n) is 2.11. The zero-order chi connectivity index (χ0) is 17.5. The molecule has 0 aliphatic carbocycles. The highest BCUT2D eigenvalue weighted by Crippen LogP contribution is 2.26. The number of nitrogens with zero attached hydrogens (tertiary/aromatic N) is 2. The van der Waals surface area contributed by atoms with Gasteiger partial charge in [-0.15, -0.1) is 10.2 Å². The van der Waals surface area contributed by atoms with Gasteiger partial charge in [-0.2, -0.15) is 0 Å². The van der Waals surface area contributed by atoms with Crippen LogP contribution in [0.5, 0.6) is 0 Å². The molecule has 1 amide bonds. The first-order valence-electron chi connectivity index (χ1n) is 7.84. The molecule has 0 fully saturated rings. The third-order valence-electron chi connectivity index (χ3n) is 3.35. The molecule has 6 nitrogen and oxygen atoms in total. The maximum Gasteiger partial charge on any atom is 0.234 e. The molecule has 0 spiro atoms. The smallest absolute Gasteiger partial charge is 0.234 e. The Morgan fingerprint density at radius 3 is 3.00 bits per heavy atom. The van der Waals surface area contributed by atoms with Gasteiger partial charge < -0.3 is 15.1 Å². The number of hydrogen-bond acceptors (Lipinski definition) is 7. The monoisotopic (exact) mass is 374 g/mol. The third kappa shape index (κ3) is 5.33. The van der Waals surface area contributed by atoms with Gasteiger partial charge in [0.2, 0.25) is 11.0 Å². The number of aryl methyl sites for hydroxylation is 1. The molecule has 25 heavy (non-hydrogen) atoms. The predicted molar refractivity (Wildman–Crippen MR) is 101 cm³/mol. The summed E-state index contributed by atoms with van der Waals surface area (Å²) in [5, 5.41) is 14.9. The van der Waals surface area contributed by atoms with Gasteiger partial charge in [0.25, 0.3) is 0 Å². The van der Waals surface area contributed by atoms with E-state index in [1.165, 1.54) is 28.7 Å². The van der Waals surface area contributed by atoms with Crippen LogP contribution in [0, 0.1) is 0 Å². The van der Waals surface area contributed by atoms with Crippen LogP contribution in [0.3, 0.4) is 0 Å². The SMILES string of the molecule is CCc1cccc(NC(=O)CSc2nnc(NCc3ccco3)s2)c1. The molecule has 0 aliphatic rings. The first-order valence-corrected chi connectivity index (χ1v) is 9.64. The Balaban J connectivity index is 1.45. The molecule has 3 aromatic rings. The van der Waals surface area contributed by atoms with E-state index < -0.39 is 0 Å². The van der Waals surface area contributed by atoms with Crippen LogP contribution in [0.15, 0.2) is 51.4 Å². The van der Waals surface area contributed by atoms with Gasteiger partial charge in [0.1, 0.15) is 5.76 Å². The van der Waals surface area contributed by atoms with Gasteiger partial charge in [-0.05, 0) is 36.2 Å². The van der Waals surface area contributed by atoms with Gasteiger partial charge >= 0.3 is 0 Å². The summed E-state index contributed by atoms with van der Waals surface area (Å²) < 4.78 is 6.00. The topological polar surface area (TPSA) is 80.0 Å². The lowest BCUT2D eigenvalue weighted by Crippen LogP contribution is -2.14. The van der Waals surface area contributed by atoms with E-state index in [-0.39, 0.29) is 5.91 Å². The van der Waals surface area contributed by atoms with Crippen LogP contribution in [-0.4, -0.2) is 21.9 Å². The Morgan fingerprint density at radius 2 is 2.20 bits per heavy atom. The van der Waals surface area contributed by atoms with Crippen LogP contribution in [0.1, 0.15) is 18.2 Å². The largest absolute Gasteiger partial charge is 0.467 e. The second-order valence-electron chi connectivity index (χ2n) is 5.20. The summed E-state index contributed by atoms with van der Waals surface area (Å²) in [5.41, 5.74) is 2.02. The van der Waals surface area contributed by atoms with E-state index in [2.05, 4.69) is 27.8 Å². The van der Waals surface area contributed by atoms with Crippen molar-refractivity contribution >= 4 is 39.8 Å². The molecule has 0 saturated heterocycles. The minimum Gasteiger partial charge on any atom is -0.467 e. The van der Waals surface area contributed by atoms with Gasteiger partial charge in [-0.3, -0.25) is 4.79 Å². The molecule has 8 heteroatoms. The molecule has 2 heterocycles. The standard InChI is InChI=1S/C17H18N4O2S2/c1-2-12-5-3-6-13(9-12)19-15(22)11-24-17-21-20-16(25-17)18-10-14-7-4-8-23-14/h3-9H,2,10-11H2,1H3,(H,18,20)(H,19,22). The summed E-state index contributed by atoms with van der Waals surface area (Å²) >= 11 is 2.79. The molecule has 0 aliphatic heterocycles. The van der Waals surface area contributed by atoms with Gasteiger partial charge in [0.05, 0.1) is 18.6 Å². The fourth-order valence-corrected chi connectivity index (χ4v) is 3.66. The van der Waals surface area contributed by atoms with Crippen molar-refractivity contribution < 1.29 is 9.21 Å². The van der Waals surface area contributed by atoms with Crippen molar-refractivity contribution in [3.05, 3.63) is 54.0 Å². The molecule has 0 unspecified atom stereocenters. The number of nitrogens with one attached hydrogen (secondary N) is 2. The van der Waals surface area contributed by atoms with Gasteiger partial charge in [-0.1, -0.05) is 42.2 Å². The Hall–Kier alpha value is -2.32. The van der Waals surface area contributed by atoms with E-state index >= 15 is 0 Å². The number of hydrogen-bond donors (Lipinski definition) is 2. The highest BCUT2D eigenvalue weighted by molar-refractivity contribution is 8.01. The lowest BCUT2D eigenvalue weighted by Gasteiger charge is -2.05. The number of benzene rings is 1. The summed E-state index contributed by atoms with van der Waals surface area (Å²) in [6, 6.07) is 11.6. The first-order chi connectivity index (χ1) is 12.2.